The molecule has 0 aromatic heterocycles. The zero-order valence-electron chi connectivity index (χ0n) is 6.12. The molecule has 0 saturated carbocycles. The number of nitrogens with zero attached hydrogens (tertiary/aromatic N) is 1. The van der Waals surface area contributed by atoms with E-state index >= 15 is 0 Å². The first-order chi connectivity index (χ1) is 4.86. The molecule has 0 aromatic rings. The minimum atomic E-state index is 0.474. The van der Waals surface area contributed by atoms with E-state index in [1.807, 2.05) is 0 Å². The zero-order valence-corrected chi connectivity index (χ0v) is 6.94. The predicted octanol–water partition coefficient (Wildman–Crippen LogP) is 0.135. The van der Waals surface area contributed by atoms with Gasteiger partial charge in [-0.05, 0) is 13.0 Å². The Morgan fingerprint density at radius 1 is 1.40 bits per heavy atom. The highest BCUT2D eigenvalue weighted by Crippen LogP contribution is 2.25. The number of nitrogens with two attached hydrogens (primary N) is 1. The van der Waals surface area contributed by atoms with Gasteiger partial charge in [-0.3, -0.25) is 0 Å². The molecule has 0 radical (unpaired) electrons. The van der Waals surface area contributed by atoms with Gasteiger partial charge in [-0.2, -0.15) is 11.8 Å². The van der Waals surface area contributed by atoms with Crippen molar-refractivity contribution in [2.75, 3.05) is 25.4 Å². The van der Waals surface area contributed by atoms with Crippen molar-refractivity contribution in [2.24, 2.45) is 5.73 Å². The second kappa shape index (κ2) is 2.72. The number of thioether (sulfide) groups is 1. The van der Waals surface area contributed by atoms with Crippen LogP contribution in [-0.2, 0) is 0 Å². The number of rotatable bonds is 0. The predicted molar refractivity (Wildman–Crippen MR) is 45.3 cm³/mol. The second-order valence-corrected chi connectivity index (χ2v) is 4.51. The van der Waals surface area contributed by atoms with Crippen LogP contribution >= 0.6 is 11.8 Å². The van der Waals surface area contributed by atoms with Gasteiger partial charge in [0.15, 0.2) is 0 Å². The van der Waals surface area contributed by atoms with Crippen molar-refractivity contribution < 1.29 is 0 Å². The van der Waals surface area contributed by atoms with E-state index in [0.717, 1.165) is 5.25 Å². The van der Waals surface area contributed by atoms with Crippen molar-refractivity contribution in [2.45, 2.75) is 17.7 Å². The normalized spacial score (nSPS) is 47.1. The molecule has 0 amide bonds. The highest BCUT2D eigenvalue weighted by Gasteiger charge is 2.29. The Kier molecular flexibility index (Phi) is 1.89. The van der Waals surface area contributed by atoms with Crippen molar-refractivity contribution in [1.29, 1.82) is 0 Å². The second-order valence-electron chi connectivity index (χ2n) is 3.16. The average Bonchev–Trinajstić information content (AvgIpc) is 1.99. The molecule has 0 spiro atoms. The van der Waals surface area contributed by atoms with E-state index < -0.39 is 0 Å². The van der Waals surface area contributed by atoms with Gasteiger partial charge < -0.3 is 10.6 Å². The maximum absolute atomic E-state index is 5.94. The molecule has 2 nitrogen and oxygen atoms in total. The summed E-state index contributed by atoms with van der Waals surface area (Å²) in [4.78, 5) is 2.53. The first kappa shape index (κ1) is 6.95. The van der Waals surface area contributed by atoms with Gasteiger partial charge in [-0.25, -0.2) is 0 Å². The van der Waals surface area contributed by atoms with Gasteiger partial charge in [0.2, 0.25) is 0 Å². The van der Waals surface area contributed by atoms with Crippen LogP contribution in [0.2, 0.25) is 0 Å². The summed E-state index contributed by atoms with van der Waals surface area (Å²) in [7, 11) is 0. The van der Waals surface area contributed by atoms with Crippen LogP contribution < -0.4 is 5.73 Å². The Morgan fingerprint density at radius 3 is 3.10 bits per heavy atom. The highest BCUT2D eigenvalue weighted by atomic mass is 32.2. The number of hydrogen-bond donors (Lipinski definition) is 1. The fourth-order valence-electron chi connectivity index (χ4n) is 1.71. The molecule has 2 N–H and O–H groups in total. The van der Waals surface area contributed by atoms with E-state index in [2.05, 4.69) is 16.7 Å². The van der Waals surface area contributed by atoms with Gasteiger partial charge in [0.1, 0.15) is 0 Å². The number of piperidine rings is 1. The Hall–Kier alpha value is 0.270. The van der Waals surface area contributed by atoms with E-state index in [-0.39, 0.29) is 0 Å². The third-order valence-electron chi connectivity index (χ3n) is 2.43. The van der Waals surface area contributed by atoms with Crippen molar-refractivity contribution in [3.05, 3.63) is 0 Å². The van der Waals surface area contributed by atoms with Gasteiger partial charge in [-0.1, -0.05) is 0 Å². The van der Waals surface area contributed by atoms with Gasteiger partial charge in [-0.15, -0.1) is 0 Å². The van der Waals surface area contributed by atoms with Gasteiger partial charge >= 0.3 is 0 Å². The Balaban J connectivity index is 2.00. The van der Waals surface area contributed by atoms with Crippen molar-refractivity contribution in [3.8, 4) is 0 Å². The quantitative estimate of drug-likeness (QED) is 0.543. The molecule has 58 valence electrons. The van der Waals surface area contributed by atoms with E-state index in [1.54, 1.807) is 0 Å². The molecule has 3 heteroatoms. The summed E-state index contributed by atoms with van der Waals surface area (Å²) in [5.74, 6) is 1.29. The van der Waals surface area contributed by atoms with Crippen LogP contribution in [0.4, 0.5) is 0 Å². The van der Waals surface area contributed by atoms with Crippen LogP contribution in [0.25, 0.3) is 0 Å². The topological polar surface area (TPSA) is 29.3 Å². The molecular formula is C7H14N2S. The molecule has 2 bridgehead atoms. The fourth-order valence-corrected chi connectivity index (χ4v) is 3.08. The average molecular weight is 158 g/mol. The lowest BCUT2D eigenvalue weighted by Gasteiger charge is -2.40. The molecule has 2 fully saturated rings. The third-order valence-corrected chi connectivity index (χ3v) is 3.78. The zero-order chi connectivity index (χ0) is 6.97. The maximum atomic E-state index is 5.94. The highest BCUT2D eigenvalue weighted by molar-refractivity contribution is 8.00. The minimum Gasteiger partial charge on any atom is -0.327 e. The maximum Gasteiger partial charge on any atom is 0.0327 e. The first-order valence-corrected chi connectivity index (χ1v) is 5.00. The Morgan fingerprint density at radius 2 is 2.30 bits per heavy atom. The van der Waals surface area contributed by atoms with Crippen LogP contribution in [-0.4, -0.2) is 41.6 Å². The summed E-state index contributed by atoms with van der Waals surface area (Å²) >= 11 is 2.06. The third kappa shape index (κ3) is 1.18. The van der Waals surface area contributed by atoms with Crippen LogP contribution in [0.5, 0.6) is 0 Å². The first-order valence-electron chi connectivity index (χ1n) is 3.96. The van der Waals surface area contributed by atoms with E-state index in [1.165, 1.54) is 31.8 Å². The Labute approximate surface area is 66.1 Å². The lowest BCUT2D eigenvalue weighted by molar-refractivity contribution is 0.222. The largest absolute Gasteiger partial charge is 0.327 e. The van der Waals surface area contributed by atoms with Crippen molar-refractivity contribution >= 4 is 11.8 Å². The smallest absolute Gasteiger partial charge is 0.0327 e. The summed E-state index contributed by atoms with van der Waals surface area (Å²) in [6.45, 7) is 3.76. The number of fused-ring (bicyclic) bond motifs is 2. The summed E-state index contributed by atoms with van der Waals surface area (Å²) in [6.07, 6.45) is 1.21. The standard InChI is InChI=1S/C7H14N2S/c8-6-1-2-9-3-4-10-7(6)5-9/h6-7H,1-5,8H2/t6-,7-/m1/s1. The molecule has 0 aliphatic carbocycles. The molecule has 10 heavy (non-hydrogen) atoms. The van der Waals surface area contributed by atoms with Gasteiger partial charge in [0, 0.05) is 30.1 Å². The summed E-state index contributed by atoms with van der Waals surface area (Å²) in [6, 6.07) is 0.474. The minimum absolute atomic E-state index is 0.474. The monoisotopic (exact) mass is 158 g/mol. The SMILES string of the molecule is N[C@@H]1CCN2CCS[C@@H]1C2. The molecule has 1 unspecified atom stereocenters. The fraction of sp³-hybridized carbons (Fsp3) is 1.00. The summed E-state index contributed by atoms with van der Waals surface area (Å²) in [5.41, 5.74) is 5.94. The Bertz CT molecular complexity index is 127. The van der Waals surface area contributed by atoms with Crippen molar-refractivity contribution in [3.63, 3.8) is 0 Å². The van der Waals surface area contributed by atoms with Crippen LogP contribution in [0.1, 0.15) is 6.42 Å². The van der Waals surface area contributed by atoms with Crippen molar-refractivity contribution in [1.82, 2.24) is 4.90 Å². The van der Waals surface area contributed by atoms with E-state index in [0.29, 0.717) is 6.04 Å². The number of hydrogen-bond acceptors (Lipinski definition) is 3. The molecule has 2 saturated heterocycles. The van der Waals surface area contributed by atoms with Gasteiger partial charge in [0.05, 0.1) is 0 Å². The molecule has 2 heterocycles. The lowest BCUT2D eigenvalue weighted by atomic mass is 10.1. The lowest BCUT2D eigenvalue weighted by Crippen LogP contribution is -2.52. The van der Waals surface area contributed by atoms with E-state index in [4.69, 9.17) is 5.73 Å². The summed E-state index contributed by atoms with van der Waals surface area (Å²) < 4.78 is 0. The molecule has 2 rings (SSSR count). The van der Waals surface area contributed by atoms with Crippen LogP contribution in [0.3, 0.4) is 0 Å². The molecule has 2 aliphatic heterocycles. The van der Waals surface area contributed by atoms with Gasteiger partial charge in [0.25, 0.3) is 0 Å². The molecule has 2 aliphatic rings. The van der Waals surface area contributed by atoms with E-state index in [9.17, 15) is 0 Å². The van der Waals surface area contributed by atoms with Crippen LogP contribution in [0.15, 0.2) is 0 Å². The molecule has 0 aromatic carbocycles. The summed E-state index contributed by atoms with van der Waals surface area (Å²) in [5, 5.41) is 0.738. The van der Waals surface area contributed by atoms with Crippen LogP contribution in [0, 0.1) is 0 Å². The molecular weight excluding hydrogens is 144 g/mol. The molecule has 3 atom stereocenters.